The van der Waals surface area contributed by atoms with E-state index in [9.17, 15) is 0 Å². The van der Waals surface area contributed by atoms with E-state index in [1.54, 1.807) is 17.8 Å². The van der Waals surface area contributed by atoms with Gasteiger partial charge in [0.1, 0.15) is 6.61 Å². The van der Waals surface area contributed by atoms with E-state index < -0.39 is 0 Å². The van der Waals surface area contributed by atoms with Gasteiger partial charge in [0.25, 0.3) is 0 Å². The van der Waals surface area contributed by atoms with E-state index in [2.05, 4.69) is 10.2 Å². The summed E-state index contributed by atoms with van der Waals surface area (Å²) in [6.45, 7) is 0.403. The van der Waals surface area contributed by atoms with Gasteiger partial charge in [0.15, 0.2) is 28.6 Å². The number of fused-ring (bicyclic) bond motifs is 1. The van der Waals surface area contributed by atoms with Crippen LogP contribution in [-0.4, -0.2) is 21.4 Å². The molecule has 26 heavy (non-hydrogen) atoms. The first-order chi connectivity index (χ1) is 12.6. The van der Waals surface area contributed by atoms with Gasteiger partial charge in [-0.25, -0.2) is 0 Å². The molecular weight excluding hydrogens is 393 g/mol. The van der Waals surface area contributed by atoms with E-state index in [0.29, 0.717) is 22.4 Å². The number of benzene rings is 2. The molecular formula is C18H15Cl2N3O2S. The van der Waals surface area contributed by atoms with Gasteiger partial charge in [-0.3, -0.25) is 0 Å². The van der Waals surface area contributed by atoms with Gasteiger partial charge in [-0.05, 0) is 29.8 Å². The highest BCUT2D eigenvalue weighted by Gasteiger charge is 2.27. The van der Waals surface area contributed by atoms with Gasteiger partial charge in [-0.15, -0.1) is 10.2 Å². The molecule has 3 aromatic rings. The number of nitrogens with zero attached hydrogens (tertiary/aromatic N) is 3. The molecule has 0 saturated carbocycles. The van der Waals surface area contributed by atoms with Crippen LogP contribution < -0.4 is 9.47 Å². The van der Waals surface area contributed by atoms with Crippen molar-refractivity contribution in [3.63, 3.8) is 0 Å². The smallest absolute Gasteiger partial charge is 0.192 e. The molecule has 5 nitrogen and oxygen atoms in total. The van der Waals surface area contributed by atoms with Crippen LogP contribution in [0.1, 0.15) is 17.5 Å². The van der Waals surface area contributed by atoms with Crippen LogP contribution in [0.3, 0.4) is 0 Å². The van der Waals surface area contributed by atoms with E-state index in [0.717, 1.165) is 28.0 Å². The molecule has 2 aromatic carbocycles. The Kier molecular flexibility index (Phi) is 4.98. The quantitative estimate of drug-likeness (QED) is 0.573. The number of aromatic nitrogens is 3. The van der Waals surface area contributed by atoms with Crippen molar-refractivity contribution >= 4 is 35.0 Å². The topological polar surface area (TPSA) is 49.2 Å². The first-order valence-electron chi connectivity index (χ1n) is 7.96. The lowest BCUT2D eigenvalue weighted by Gasteiger charge is -2.25. The summed E-state index contributed by atoms with van der Waals surface area (Å²) >= 11 is 13.6. The molecule has 0 saturated heterocycles. The number of halogens is 2. The predicted molar refractivity (Wildman–Crippen MR) is 102 cm³/mol. The van der Waals surface area contributed by atoms with Gasteiger partial charge < -0.3 is 14.0 Å². The van der Waals surface area contributed by atoms with Gasteiger partial charge in [0.2, 0.25) is 0 Å². The number of para-hydroxylation sites is 2. The molecule has 8 heteroatoms. The molecule has 0 aliphatic carbocycles. The molecule has 0 fully saturated rings. The zero-order chi connectivity index (χ0) is 18.1. The second-order valence-corrected chi connectivity index (χ2v) is 7.56. The highest BCUT2D eigenvalue weighted by Crippen LogP contribution is 2.36. The lowest BCUT2D eigenvalue weighted by molar-refractivity contribution is 0.0825. The van der Waals surface area contributed by atoms with Crippen molar-refractivity contribution in [3.05, 3.63) is 63.9 Å². The third kappa shape index (κ3) is 3.49. The minimum absolute atomic E-state index is 0.290. The zero-order valence-electron chi connectivity index (χ0n) is 13.9. The van der Waals surface area contributed by atoms with Crippen molar-refractivity contribution in [2.45, 2.75) is 17.0 Å². The lowest BCUT2D eigenvalue weighted by Crippen LogP contribution is -2.24. The summed E-state index contributed by atoms with van der Waals surface area (Å²) in [6, 6.07) is 13.2. The summed E-state index contributed by atoms with van der Waals surface area (Å²) in [5.74, 6) is 2.92. The second-order valence-electron chi connectivity index (χ2n) is 5.80. The molecule has 4 rings (SSSR count). The summed E-state index contributed by atoms with van der Waals surface area (Å²) < 4.78 is 13.7. The highest BCUT2D eigenvalue weighted by atomic mass is 35.5. The van der Waals surface area contributed by atoms with Crippen LogP contribution in [0.2, 0.25) is 10.0 Å². The van der Waals surface area contributed by atoms with Crippen molar-refractivity contribution in [1.82, 2.24) is 14.8 Å². The Morgan fingerprint density at radius 2 is 1.92 bits per heavy atom. The van der Waals surface area contributed by atoms with Crippen LogP contribution >= 0.6 is 35.0 Å². The van der Waals surface area contributed by atoms with Crippen LogP contribution in [0.5, 0.6) is 11.5 Å². The van der Waals surface area contributed by atoms with Crippen LogP contribution in [-0.2, 0) is 12.8 Å². The van der Waals surface area contributed by atoms with Crippen LogP contribution in [0.15, 0.2) is 47.6 Å². The fourth-order valence-corrected chi connectivity index (χ4v) is 3.84. The molecule has 1 aliphatic rings. The Bertz CT molecular complexity index is 948. The van der Waals surface area contributed by atoms with Gasteiger partial charge in [-0.1, -0.05) is 53.2 Å². The predicted octanol–water partition coefficient (Wildman–Crippen LogP) is 4.93. The maximum absolute atomic E-state index is 6.07. The Morgan fingerprint density at radius 3 is 2.73 bits per heavy atom. The molecule has 1 atom stereocenters. The van der Waals surface area contributed by atoms with E-state index in [1.807, 2.05) is 48.0 Å². The second kappa shape index (κ2) is 7.39. The molecule has 1 unspecified atom stereocenters. The molecule has 0 spiro atoms. The summed E-state index contributed by atoms with van der Waals surface area (Å²) in [6.07, 6.45) is -0.290. The first kappa shape index (κ1) is 17.5. The van der Waals surface area contributed by atoms with E-state index in [-0.39, 0.29) is 6.10 Å². The largest absolute Gasteiger partial charge is 0.485 e. The van der Waals surface area contributed by atoms with E-state index in [1.165, 1.54) is 0 Å². The zero-order valence-corrected chi connectivity index (χ0v) is 16.2. The van der Waals surface area contributed by atoms with Crippen molar-refractivity contribution in [3.8, 4) is 11.5 Å². The van der Waals surface area contributed by atoms with E-state index >= 15 is 0 Å². The number of thioether (sulfide) groups is 1. The molecule has 134 valence electrons. The van der Waals surface area contributed by atoms with Gasteiger partial charge >= 0.3 is 0 Å². The summed E-state index contributed by atoms with van der Waals surface area (Å²) in [4.78, 5) is 0. The number of ether oxygens (including phenoxy) is 2. The Balaban J connectivity index is 1.47. The minimum atomic E-state index is -0.290. The molecule has 0 amide bonds. The maximum Gasteiger partial charge on any atom is 0.192 e. The third-order valence-corrected chi connectivity index (χ3v) is 5.85. The molecule has 0 radical (unpaired) electrons. The Hall–Kier alpha value is -1.89. The normalized spacial score (nSPS) is 15.9. The maximum atomic E-state index is 6.07. The molecule has 1 aliphatic heterocycles. The van der Waals surface area contributed by atoms with Gasteiger partial charge in [0.05, 0.1) is 10.0 Å². The van der Waals surface area contributed by atoms with Gasteiger partial charge in [-0.2, -0.15) is 0 Å². The number of hydrogen-bond donors (Lipinski definition) is 0. The Morgan fingerprint density at radius 1 is 1.12 bits per heavy atom. The first-order valence-corrected chi connectivity index (χ1v) is 9.70. The van der Waals surface area contributed by atoms with Crippen molar-refractivity contribution in [2.75, 3.05) is 6.61 Å². The number of rotatable bonds is 4. The van der Waals surface area contributed by atoms with Crippen LogP contribution in [0, 0.1) is 0 Å². The van der Waals surface area contributed by atoms with Crippen molar-refractivity contribution in [1.29, 1.82) is 0 Å². The number of hydrogen-bond acceptors (Lipinski definition) is 5. The van der Waals surface area contributed by atoms with Gasteiger partial charge in [0, 0.05) is 12.8 Å². The monoisotopic (exact) mass is 407 g/mol. The summed E-state index contributed by atoms with van der Waals surface area (Å²) in [5.41, 5.74) is 1.07. The fourth-order valence-electron chi connectivity index (χ4n) is 2.66. The Labute approximate surface area is 165 Å². The summed E-state index contributed by atoms with van der Waals surface area (Å²) in [5, 5.41) is 10.5. The third-order valence-electron chi connectivity index (χ3n) is 4.02. The van der Waals surface area contributed by atoms with Crippen LogP contribution in [0.25, 0.3) is 0 Å². The molecule has 1 aromatic heterocycles. The fraction of sp³-hybridized carbons (Fsp3) is 0.222. The lowest BCUT2D eigenvalue weighted by atomic mass is 10.2. The van der Waals surface area contributed by atoms with Crippen LogP contribution in [0.4, 0.5) is 0 Å². The SMILES string of the molecule is Cn1c(SCc2ccc(Cl)c(Cl)c2)nnc1C1COc2ccccc2O1. The van der Waals surface area contributed by atoms with Crippen molar-refractivity contribution in [2.24, 2.45) is 7.05 Å². The highest BCUT2D eigenvalue weighted by molar-refractivity contribution is 7.98. The minimum Gasteiger partial charge on any atom is -0.485 e. The average molecular weight is 408 g/mol. The molecule has 2 heterocycles. The van der Waals surface area contributed by atoms with E-state index in [4.69, 9.17) is 32.7 Å². The standard InChI is InChI=1S/C18H15Cl2N3O2S/c1-23-17(16-9-24-14-4-2-3-5-15(14)25-16)21-22-18(23)26-10-11-6-7-12(19)13(20)8-11/h2-8,16H,9-10H2,1H3. The summed E-state index contributed by atoms with van der Waals surface area (Å²) in [7, 11) is 1.93. The average Bonchev–Trinajstić information content (AvgIpc) is 3.03. The molecule has 0 N–H and O–H groups in total. The van der Waals surface area contributed by atoms with Crippen molar-refractivity contribution < 1.29 is 9.47 Å². The molecule has 0 bridgehead atoms.